The highest BCUT2D eigenvalue weighted by molar-refractivity contribution is 5.53. The third-order valence-electron chi connectivity index (χ3n) is 5.14. The molecular weight excluding hydrogens is 352 g/mol. The summed E-state index contributed by atoms with van der Waals surface area (Å²) in [6.45, 7) is 3.61. The number of oxazole rings is 1. The van der Waals surface area contributed by atoms with E-state index in [1.807, 2.05) is 24.3 Å². The lowest BCUT2D eigenvalue weighted by molar-refractivity contribution is 0.238. The van der Waals surface area contributed by atoms with E-state index in [0.29, 0.717) is 11.9 Å². The van der Waals surface area contributed by atoms with Crippen LogP contribution in [0.4, 0.5) is 0 Å². The number of methoxy groups -OCH3 is 2. The summed E-state index contributed by atoms with van der Waals surface area (Å²) in [6.07, 6.45) is 4.21. The highest BCUT2D eigenvalue weighted by atomic mass is 16.5. The van der Waals surface area contributed by atoms with Crippen LogP contribution in [0.15, 0.2) is 53.1 Å². The quantitative estimate of drug-likeness (QED) is 0.562. The average molecular weight is 378 g/mol. The Morgan fingerprint density at radius 3 is 2.50 bits per heavy atom. The molecule has 0 aliphatic heterocycles. The SMILES string of the molecule is COc1ccc(OC)c(CN(Cc2coc(-c3ccc(C)cc3)n2)C2CC2)c1. The maximum Gasteiger partial charge on any atom is 0.226 e. The van der Waals surface area contributed by atoms with Crippen molar-refractivity contribution in [2.75, 3.05) is 14.2 Å². The molecule has 3 aromatic rings. The van der Waals surface area contributed by atoms with E-state index < -0.39 is 0 Å². The summed E-state index contributed by atoms with van der Waals surface area (Å²) in [5.74, 6) is 2.39. The molecule has 0 radical (unpaired) electrons. The van der Waals surface area contributed by atoms with Crippen molar-refractivity contribution in [1.82, 2.24) is 9.88 Å². The van der Waals surface area contributed by atoms with Crippen molar-refractivity contribution in [2.45, 2.75) is 38.9 Å². The topological polar surface area (TPSA) is 47.7 Å². The molecule has 5 nitrogen and oxygen atoms in total. The second kappa shape index (κ2) is 8.07. The molecular formula is C23H26N2O3. The number of aromatic nitrogens is 1. The second-order valence-corrected chi connectivity index (χ2v) is 7.32. The molecule has 2 aromatic carbocycles. The van der Waals surface area contributed by atoms with Crippen LogP contribution in [0.1, 0.15) is 29.7 Å². The fraction of sp³-hybridized carbons (Fsp3) is 0.348. The molecule has 0 bridgehead atoms. The molecule has 146 valence electrons. The van der Waals surface area contributed by atoms with E-state index in [9.17, 15) is 0 Å². The Bertz CT molecular complexity index is 929. The van der Waals surface area contributed by atoms with Gasteiger partial charge in [0.25, 0.3) is 0 Å². The lowest BCUT2D eigenvalue weighted by Gasteiger charge is -2.22. The summed E-state index contributed by atoms with van der Waals surface area (Å²) < 4.78 is 16.7. The number of ether oxygens (including phenoxy) is 2. The van der Waals surface area contributed by atoms with Crippen LogP contribution in [-0.2, 0) is 13.1 Å². The minimum atomic E-state index is 0.579. The molecule has 0 atom stereocenters. The van der Waals surface area contributed by atoms with E-state index in [4.69, 9.17) is 18.9 Å². The molecule has 1 saturated carbocycles. The Morgan fingerprint density at radius 1 is 1.04 bits per heavy atom. The van der Waals surface area contributed by atoms with Gasteiger partial charge >= 0.3 is 0 Å². The monoisotopic (exact) mass is 378 g/mol. The van der Waals surface area contributed by atoms with E-state index >= 15 is 0 Å². The van der Waals surface area contributed by atoms with Crippen LogP contribution in [0.2, 0.25) is 0 Å². The lowest BCUT2D eigenvalue weighted by atomic mass is 10.1. The van der Waals surface area contributed by atoms with Gasteiger partial charge < -0.3 is 13.9 Å². The van der Waals surface area contributed by atoms with Gasteiger partial charge in [0, 0.05) is 30.3 Å². The Hall–Kier alpha value is -2.79. The van der Waals surface area contributed by atoms with E-state index in [2.05, 4.69) is 30.0 Å². The molecule has 1 aliphatic carbocycles. The summed E-state index contributed by atoms with van der Waals surface area (Å²) in [5.41, 5.74) is 4.30. The molecule has 0 spiro atoms. The smallest absolute Gasteiger partial charge is 0.226 e. The predicted octanol–water partition coefficient (Wildman–Crippen LogP) is 4.83. The molecule has 1 heterocycles. The molecule has 0 amide bonds. The largest absolute Gasteiger partial charge is 0.497 e. The lowest BCUT2D eigenvalue weighted by Crippen LogP contribution is -2.25. The van der Waals surface area contributed by atoms with Crippen LogP contribution in [0.5, 0.6) is 11.5 Å². The zero-order chi connectivity index (χ0) is 19.5. The summed E-state index contributed by atoms with van der Waals surface area (Å²) >= 11 is 0. The van der Waals surface area contributed by atoms with Crippen LogP contribution >= 0.6 is 0 Å². The fourth-order valence-electron chi connectivity index (χ4n) is 3.39. The molecule has 1 aliphatic rings. The third-order valence-corrected chi connectivity index (χ3v) is 5.14. The number of benzene rings is 2. The van der Waals surface area contributed by atoms with E-state index in [-0.39, 0.29) is 0 Å². The first-order valence-electron chi connectivity index (χ1n) is 9.62. The summed E-state index contributed by atoms with van der Waals surface area (Å²) in [7, 11) is 3.39. The second-order valence-electron chi connectivity index (χ2n) is 7.32. The van der Waals surface area contributed by atoms with Gasteiger partial charge in [-0.15, -0.1) is 0 Å². The minimum Gasteiger partial charge on any atom is -0.497 e. The van der Waals surface area contributed by atoms with Crippen LogP contribution < -0.4 is 9.47 Å². The standard InChI is InChI=1S/C23H26N2O3/c1-16-4-6-17(7-5-16)23-24-19(15-28-23)14-25(20-8-9-20)13-18-12-21(26-2)10-11-22(18)27-3/h4-7,10-12,15,20H,8-9,13-14H2,1-3H3. The summed E-state index contributed by atoms with van der Waals surface area (Å²) in [5, 5.41) is 0. The van der Waals surface area contributed by atoms with Gasteiger partial charge in [-0.2, -0.15) is 0 Å². The van der Waals surface area contributed by atoms with Crippen LogP contribution in [0.25, 0.3) is 11.5 Å². The third kappa shape index (κ3) is 4.20. The zero-order valence-corrected chi connectivity index (χ0v) is 16.6. The summed E-state index contributed by atoms with van der Waals surface area (Å²) in [4.78, 5) is 7.15. The Morgan fingerprint density at radius 2 is 1.82 bits per heavy atom. The van der Waals surface area contributed by atoms with E-state index in [1.165, 1.54) is 18.4 Å². The van der Waals surface area contributed by atoms with Crippen LogP contribution in [-0.4, -0.2) is 30.1 Å². The van der Waals surface area contributed by atoms with Gasteiger partial charge in [-0.3, -0.25) is 4.90 Å². The van der Waals surface area contributed by atoms with Crippen molar-refractivity contribution in [3.8, 4) is 23.0 Å². The maximum atomic E-state index is 5.74. The Balaban J connectivity index is 1.52. The van der Waals surface area contributed by atoms with Crippen LogP contribution in [0, 0.1) is 6.92 Å². The minimum absolute atomic E-state index is 0.579. The Kier molecular flexibility index (Phi) is 5.35. The first kappa shape index (κ1) is 18.6. The van der Waals surface area contributed by atoms with Gasteiger partial charge in [0.05, 0.1) is 19.9 Å². The average Bonchev–Trinajstić information content (AvgIpc) is 3.47. The van der Waals surface area contributed by atoms with Crippen LogP contribution in [0.3, 0.4) is 0 Å². The van der Waals surface area contributed by atoms with E-state index in [1.54, 1.807) is 20.5 Å². The van der Waals surface area contributed by atoms with Gasteiger partial charge in [-0.05, 0) is 50.1 Å². The number of hydrogen-bond acceptors (Lipinski definition) is 5. The first-order valence-corrected chi connectivity index (χ1v) is 9.62. The molecule has 0 saturated heterocycles. The predicted molar refractivity (Wildman–Crippen MR) is 108 cm³/mol. The Labute approximate surface area is 165 Å². The number of hydrogen-bond donors (Lipinski definition) is 0. The van der Waals surface area contributed by atoms with Crippen molar-refractivity contribution in [3.63, 3.8) is 0 Å². The van der Waals surface area contributed by atoms with Gasteiger partial charge in [0.2, 0.25) is 5.89 Å². The summed E-state index contributed by atoms with van der Waals surface area (Å²) in [6, 6.07) is 14.8. The fourth-order valence-corrected chi connectivity index (χ4v) is 3.39. The van der Waals surface area contributed by atoms with Gasteiger partial charge in [-0.1, -0.05) is 17.7 Å². The van der Waals surface area contributed by atoms with Gasteiger partial charge in [0.1, 0.15) is 17.8 Å². The zero-order valence-electron chi connectivity index (χ0n) is 16.6. The number of rotatable bonds is 8. The van der Waals surface area contributed by atoms with Crippen molar-refractivity contribution in [1.29, 1.82) is 0 Å². The van der Waals surface area contributed by atoms with Gasteiger partial charge in [-0.25, -0.2) is 4.98 Å². The molecule has 0 unspecified atom stereocenters. The van der Waals surface area contributed by atoms with Crippen molar-refractivity contribution < 1.29 is 13.9 Å². The van der Waals surface area contributed by atoms with Crippen molar-refractivity contribution in [2.24, 2.45) is 0 Å². The highest BCUT2D eigenvalue weighted by Crippen LogP contribution is 2.33. The molecule has 1 aromatic heterocycles. The molecule has 0 N–H and O–H groups in total. The molecule has 1 fully saturated rings. The first-order chi connectivity index (χ1) is 13.7. The number of aryl methyl sites for hydroxylation is 1. The van der Waals surface area contributed by atoms with Gasteiger partial charge in [0.15, 0.2) is 0 Å². The van der Waals surface area contributed by atoms with Crippen molar-refractivity contribution >= 4 is 0 Å². The normalized spacial score (nSPS) is 13.7. The molecule has 5 heteroatoms. The molecule has 4 rings (SSSR count). The number of nitrogens with zero attached hydrogens (tertiary/aromatic N) is 2. The van der Waals surface area contributed by atoms with E-state index in [0.717, 1.165) is 41.4 Å². The van der Waals surface area contributed by atoms with Crippen molar-refractivity contribution in [3.05, 3.63) is 65.5 Å². The highest BCUT2D eigenvalue weighted by Gasteiger charge is 2.30. The molecule has 28 heavy (non-hydrogen) atoms. The maximum absolute atomic E-state index is 5.74.